The summed E-state index contributed by atoms with van der Waals surface area (Å²) >= 11 is 0. The Bertz CT molecular complexity index is 764. The van der Waals surface area contributed by atoms with E-state index in [0.717, 1.165) is 36.5 Å². The Morgan fingerprint density at radius 3 is 2.87 bits per heavy atom. The first-order valence-electron chi connectivity index (χ1n) is 7.81. The molecule has 1 fully saturated rings. The van der Waals surface area contributed by atoms with Crippen LogP contribution in [0.2, 0.25) is 0 Å². The number of rotatable bonds is 4. The highest BCUT2D eigenvalue weighted by Gasteiger charge is 2.28. The second-order valence-electron chi connectivity index (χ2n) is 5.88. The van der Waals surface area contributed by atoms with Crippen LogP contribution in [0, 0.1) is 6.92 Å². The summed E-state index contributed by atoms with van der Waals surface area (Å²) in [4.78, 5) is 11.2. The minimum atomic E-state index is 0.317. The molecule has 1 atom stereocenters. The van der Waals surface area contributed by atoms with Crippen LogP contribution in [0.3, 0.4) is 0 Å². The molecule has 0 radical (unpaired) electrons. The van der Waals surface area contributed by atoms with Gasteiger partial charge in [0.1, 0.15) is 11.5 Å². The van der Waals surface area contributed by atoms with Crippen molar-refractivity contribution in [3.63, 3.8) is 0 Å². The molecule has 0 amide bonds. The predicted molar refractivity (Wildman–Crippen MR) is 83.4 cm³/mol. The number of hydrogen-bond acceptors (Lipinski definition) is 6. The first-order chi connectivity index (χ1) is 11.3. The summed E-state index contributed by atoms with van der Waals surface area (Å²) in [6.07, 6.45) is 7.64. The van der Waals surface area contributed by atoms with Gasteiger partial charge in [0.05, 0.1) is 12.3 Å². The summed E-state index contributed by atoms with van der Waals surface area (Å²) < 4.78 is 10.5. The third-order valence-corrected chi connectivity index (χ3v) is 4.18. The topological polar surface area (TPSA) is 68.2 Å². The van der Waals surface area contributed by atoms with Gasteiger partial charge in [-0.1, -0.05) is 5.16 Å². The maximum atomic E-state index is 5.32. The average Bonchev–Trinajstić information content (AvgIpc) is 3.29. The highest BCUT2D eigenvalue weighted by atomic mass is 16.5. The lowest BCUT2D eigenvalue weighted by molar-refractivity contribution is 0.236. The van der Waals surface area contributed by atoms with Crippen molar-refractivity contribution >= 4 is 0 Å². The number of nitrogens with zero attached hydrogens (tertiary/aromatic N) is 4. The summed E-state index contributed by atoms with van der Waals surface area (Å²) in [5, 5.41) is 4.18. The standard InChI is InChI=1S/C17H18N4O2/c1-12-8-14(20-23-12)15-4-2-6-21(15)11-13-9-18-17(19-10-13)16-5-3-7-22-16/h3,5,7-10,15H,2,4,6,11H2,1H3/t15-/m1/s1. The molecule has 0 bridgehead atoms. The van der Waals surface area contributed by atoms with E-state index in [9.17, 15) is 0 Å². The van der Waals surface area contributed by atoms with Crippen molar-refractivity contribution in [2.45, 2.75) is 32.4 Å². The van der Waals surface area contributed by atoms with Crippen molar-refractivity contribution < 1.29 is 8.94 Å². The van der Waals surface area contributed by atoms with Crippen LogP contribution < -0.4 is 0 Å². The van der Waals surface area contributed by atoms with Crippen molar-refractivity contribution in [1.29, 1.82) is 0 Å². The monoisotopic (exact) mass is 310 g/mol. The largest absolute Gasteiger partial charge is 0.461 e. The van der Waals surface area contributed by atoms with Gasteiger partial charge in [-0.3, -0.25) is 4.90 Å². The molecule has 3 aromatic heterocycles. The molecule has 0 spiro atoms. The minimum absolute atomic E-state index is 0.317. The normalized spacial score (nSPS) is 18.6. The Morgan fingerprint density at radius 1 is 1.30 bits per heavy atom. The molecule has 4 rings (SSSR count). The molecule has 0 aromatic carbocycles. The fourth-order valence-corrected chi connectivity index (χ4v) is 3.10. The Kier molecular flexibility index (Phi) is 3.67. The minimum Gasteiger partial charge on any atom is -0.461 e. The molecule has 0 saturated carbocycles. The van der Waals surface area contributed by atoms with Gasteiger partial charge in [-0.15, -0.1) is 0 Å². The van der Waals surface area contributed by atoms with E-state index in [2.05, 4.69) is 20.0 Å². The van der Waals surface area contributed by atoms with E-state index in [1.165, 1.54) is 6.42 Å². The molecule has 0 unspecified atom stereocenters. The van der Waals surface area contributed by atoms with E-state index in [1.54, 1.807) is 6.26 Å². The van der Waals surface area contributed by atoms with E-state index < -0.39 is 0 Å². The van der Waals surface area contributed by atoms with Gasteiger partial charge in [0.25, 0.3) is 0 Å². The Labute approximate surface area is 134 Å². The van der Waals surface area contributed by atoms with Gasteiger partial charge in [0.2, 0.25) is 0 Å². The van der Waals surface area contributed by atoms with Gasteiger partial charge >= 0.3 is 0 Å². The van der Waals surface area contributed by atoms with Gasteiger partial charge in [-0.2, -0.15) is 0 Å². The van der Waals surface area contributed by atoms with Crippen LogP contribution >= 0.6 is 0 Å². The van der Waals surface area contributed by atoms with Crippen molar-refractivity contribution in [2.24, 2.45) is 0 Å². The van der Waals surface area contributed by atoms with E-state index in [0.29, 0.717) is 17.6 Å². The molecular weight excluding hydrogens is 292 g/mol. The Balaban J connectivity index is 1.49. The highest BCUT2D eigenvalue weighted by Crippen LogP contribution is 2.32. The van der Waals surface area contributed by atoms with Gasteiger partial charge < -0.3 is 8.94 Å². The number of furan rings is 1. The van der Waals surface area contributed by atoms with Crippen molar-refractivity contribution in [3.05, 3.63) is 53.9 Å². The summed E-state index contributed by atoms with van der Waals surface area (Å²) in [5.41, 5.74) is 2.11. The van der Waals surface area contributed by atoms with Crippen molar-refractivity contribution in [2.75, 3.05) is 6.54 Å². The van der Waals surface area contributed by atoms with Gasteiger partial charge in [-0.25, -0.2) is 9.97 Å². The molecule has 1 aliphatic heterocycles. The molecular formula is C17H18N4O2. The maximum Gasteiger partial charge on any atom is 0.195 e. The van der Waals surface area contributed by atoms with Crippen LogP contribution in [0.25, 0.3) is 11.6 Å². The Morgan fingerprint density at radius 2 is 2.17 bits per heavy atom. The molecule has 0 aliphatic carbocycles. The number of aromatic nitrogens is 3. The molecule has 1 saturated heterocycles. The zero-order valence-electron chi connectivity index (χ0n) is 13.0. The van der Waals surface area contributed by atoms with Crippen LogP contribution in [0.5, 0.6) is 0 Å². The molecule has 0 N–H and O–H groups in total. The maximum absolute atomic E-state index is 5.32. The van der Waals surface area contributed by atoms with Crippen LogP contribution in [0.15, 0.2) is 45.8 Å². The van der Waals surface area contributed by atoms with E-state index in [1.807, 2.05) is 37.5 Å². The number of aryl methyl sites for hydroxylation is 1. The molecule has 23 heavy (non-hydrogen) atoms. The summed E-state index contributed by atoms with van der Waals surface area (Å²) in [7, 11) is 0. The lowest BCUT2D eigenvalue weighted by Gasteiger charge is -2.22. The number of hydrogen-bond donors (Lipinski definition) is 0. The van der Waals surface area contributed by atoms with Gasteiger partial charge in [0, 0.05) is 30.6 Å². The first-order valence-corrected chi connectivity index (χ1v) is 7.81. The fraction of sp³-hybridized carbons (Fsp3) is 0.353. The summed E-state index contributed by atoms with van der Waals surface area (Å²) in [6, 6.07) is 6.04. The summed E-state index contributed by atoms with van der Waals surface area (Å²) in [6.45, 7) is 3.79. The van der Waals surface area contributed by atoms with Crippen LogP contribution in [0.4, 0.5) is 0 Å². The average molecular weight is 310 g/mol. The second-order valence-corrected chi connectivity index (χ2v) is 5.88. The third-order valence-electron chi connectivity index (χ3n) is 4.18. The predicted octanol–water partition coefficient (Wildman–Crippen LogP) is 3.37. The van der Waals surface area contributed by atoms with Crippen LogP contribution in [0.1, 0.15) is 35.9 Å². The summed E-state index contributed by atoms with van der Waals surface area (Å²) in [5.74, 6) is 2.16. The molecule has 3 aromatic rings. The molecule has 118 valence electrons. The molecule has 1 aliphatic rings. The Hall–Kier alpha value is -2.47. The fourth-order valence-electron chi connectivity index (χ4n) is 3.10. The van der Waals surface area contributed by atoms with E-state index >= 15 is 0 Å². The van der Waals surface area contributed by atoms with Crippen LogP contribution in [-0.2, 0) is 6.54 Å². The van der Waals surface area contributed by atoms with Gasteiger partial charge in [-0.05, 0) is 38.4 Å². The lowest BCUT2D eigenvalue weighted by Crippen LogP contribution is -2.23. The zero-order chi connectivity index (χ0) is 15.6. The lowest BCUT2D eigenvalue weighted by atomic mass is 10.1. The molecule has 6 heteroatoms. The molecule has 4 heterocycles. The molecule has 6 nitrogen and oxygen atoms in total. The quantitative estimate of drug-likeness (QED) is 0.736. The zero-order valence-corrected chi connectivity index (χ0v) is 13.0. The third kappa shape index (κ3) is 2.90. The van der Waals surface area contributed by atoms with Crippen LogP contribution in [-0.4, -0.2) is 26.6 Å². The number of likely N-dealkylation sites (tertiary alicyclic amines) is 1. The van der Waals surface area contributed by atoms with Gasteiger partial charge in [0.15, 0.2) is 11.6 Å². The van der Waals surface area contributed by atoms with E-state index in [4.69, 9.17) is 8.94 Å². The first kappa shape index (κ1) is 14.1. The van der Waals surface area contributed by atoms with E-state index in [-0.39, 0.29) is 0 Å². The van der Waals surface area contributed by atoms with Crippen molar-refractivity contribution in [1.82, 2.24) is 20.0 Å². The highest BCUT2D eigenvalue weighted by molar-refractivity contribution is 5.45. The second kappa shape index (κ2) is 5.96. The van der Waals surface area contributed by atoms with Crippen molar-refractivity contribution in [3.8, 4) is 11.6 Å². The smallest absolute Gasteiger partial charge is 0.195 e. The SMILES string of the molecule is Cc1cc([C@H]2CCCN2Cc2cnc(-c3ccco3)nc2)no1.